The number of para-hydroxylation sites is 2. The Bertz CT molecular complexity index is 426. The molecule has 0 atom stereocenters. The number of rotatable bonds is 1. The highest BCUT2D eigenvalue weighted by Crippen LogP contribution is 2.35. The van der Waals surface area contributed by atoms with E-state index in [0.29, 0.717) is 18.6 Å². The van der Waals surface area contributed by atoms with Crippen LogP contribution in [0.25, 0.3) is 0 Å². The summed E-state index contributed by atoms with van der Waals surface area (Å²) < 4.78 is 0. The predicted molar refractivity (Wildman–Crippen MR) is 63.4 cm³/mol. The lowest BCUT2D eigenvalue weighted by molar-refractivity contribution is -0.115. The molecule has 0 spiro atoms. The smallest absolute Gasteiger partial charge is 0.243 e. The van der Waals surface area contributed by atoms with Crippen LogP contribution < -0.4 is 16.0 Å². The molecular weight excluding hydrogens is 202 g/mol. The third-order valence-corrected chi connectivity index (χ3v) is 3.39. The van der Waals surface area contributed by atoms with Gasteiger partial charge in [-0.15, -0.1) is 0 Å². The molecule has 0 unspecified atom stereocenters. The predicted octanol–water partition coefficient (Wildman–Crippen LogP) is 0.935. The fourth-order valence-corrected chi connectivity index (χ4v) is 2.47. The number of nitrogens with zero attached hydrogens (tertiary/aromatic N) is 1. The first-order chi connectivity index (χ1) is 7.74. The Hall–Kier alpha value is -1.55. The van der Waals surface area contributed by atoms with Crippen molar-refractivity contribution >= 4 is 17.3 Å². The van der Waals surface area contributed by atoms with Crippen LogP contribution in [-0.2, 0) is 4.79 Å². The number of amides is 1. The lowest BCUT2D eigenvalue weighted by atomic mass is 9.85. The van der Waals surface area contributed by atoms with E-state index in [1.165, 1.54) is 0 Å². The van der Waals surface area contributed by atoms with Gasteiger partial charge in [-0.05, 0) is 25.0 Å². The molecular formula is C12H15N3O. The van der Waals surface area contributed by atoms with Crippen LogP contribution >= 0.6 is 0 Å². The largest absolute Gasteiger partial charge is 0.357 e. The quantitative estimate of drug-likeness (QED) is 0.736. The molecule has 2 aliphatic rings. The van der Waals surface area contributed by atoms with Crippen molar-refractivity contribution in [1.29, 1.82) is 0 Å². The molecule has 4 nitrogen and oxygen atoms in total. The molecule has 4 heteroatoms. The molecule has 0 aromatic heterocycles. The van der Waals surface area contributed by atoms with Crippen LogP contribution in [0, 0.1) is 0 Å². The van der Waals surface area contributed by atoms with Gasteiger partial charge in [0.1, 0.15) is 0 Å². The van der Waals surface area contributed by atoms with Gasteiger partial charge < -0.3 is 16.0 Å². The second-order valence-electron chi connectivity index (χ2n) is 4.58. The molecule has 0 radical (unpaired) electrons. The van der Waals surface area contributed by atoms with Crippen LogP contribution in [0.2, 0.25) is 0 Å². The van der Waals surface area contributed by atoms with E-state index in [1.807, 2.05) is 18.2 Å². The van der Waals surface area contributed by atoms with Crippen molar-refractivity contribution < 1.29 is 4.79 Å². The van der Waals surface area contributed by atoms with Gasteiger partial charge in [0.05, 0.1) is 17.9 Å². The molecule has 0 bridgehead atoms. The number of nitrogens with two attached hydrogens (primary N) is 1. The molecule has 3 rings (SSSR count). The van der Waals surface area contributed by atoms with Gasteiger partial charge in [0.15, 0.2) is 0 Å². The van der Waals surface area contributed by atoms with E-state index < -0.39 is 0 Å². The van der Waals surface area contributed by atoms with E-state index in [1.54, 1.807) is 0 Å². The Morgan fingerprint density at radius 3 is 2.81 bits per heavy atom. The first-order valence-corrected chi connectivity index (χ1v) is 5.65. The summed E-state index contributed by atoms with van der Waals surface area (Å²) in [5.74, 6) is 0.0687. The lowest BCUT2D eigenvalue weighted by Crippen LogP contribution is -2.54. The number of hydrogen-bond acceptors (Lipinski definition) is 3. The SMILES string of the molecule is NC1CC(N2CC(=O)Nc3ccccc32)C1. The number of anilines is 2. The minimum Gasteiger partial charge on any atom is -0.357 e. The van der Waals surface area contributed by atoms with Crippen molar-refractivity contribution in [3.63, 3.8) is 0 Å². The monoisotopic (exact) mass is 217 g/mol. The van der Waals surface area contributed by atoms with E-state index in [4.69, 9.17) is 5.73 Å². The minimum absolute atomic E-state index is 0.0687. The van der Waals surface area contributed by atoms with E-state index >= 15 is 0 Å². The van der Waals surface area contributed by atoms with Crippen LogP contribution in [0.4, 0.5) is 11.4 Å². The normalized spacial score (nSPS) is 28.1. The maximum atomic E-state index is 11.6. The van der Waals surface area contributed by atoms with Crippen LogP contribution in [0.3, 0.4) is 0 Å². The van der Waals surface area contributed by atoms with E-state index in [0.717, 1.165) is 24.2 Å². The summed E-state index contributed by atoms with van der Waals surface area (Å²) in [5.41, 5.74) is 7.84. The molecule has 0 saturated heterocycles. The molecule has 1 fully saturated rings. The van der Waals surface area contributed by atoms with Gasteiger partial charge in [-0.25, -0.2) is 0 Å². The third kappa shape index (κ3) is 1.46. The van der Waals surface area contributed by atoms with Gasteiger partial charge in [0, 0.05) is 12.1 Å². The molecule has 1 aliphatic carbocycles. The Morgan fingerprint density at radius 2 is 2.06 bits per heavy atom. The summed E-state index contributed by atoms with van der Waals surface area (Å²) in [6.45, 7) is 0.453. The van der Waals surface area contributed by atoms with Crippen LogP contribution in [0.5, 0.6) is 0 Å². The number of carbonyl (C=O) groups excluding carboxylic acids is 1. The van der Waals surface area contributed by atoms with Crippen molar-refractivity contribution in [3.05, 3.63) is 24.3 Å². The van der Waals surface area contributed by atoms with Crippen LogP contribution in [-0.4, -0.2) is 24.5 Å². The Morgan fingerprint density at radius 1 is 1.31 bits per heavy atom. The molecule has 1 aromatic carbocycles. The highest BCUT2D eigenvalue weighted by Gasteiger charge is 2.35. The number of benzene rings is 1. The van der Waals surface area contributed by atoms with Crippen molar-refractivity contribution in [3.8, 4) is 0 Å². The number of fused-ring (bicyclic) bond motifs is 1. The number of hydrogen-bond donors (Lipinski definition) is 2. The molecule has 1 aliphatic heterocycles. The summed E-state index contributed by atoms with van der Waals surface area (Å²) in [7, 11) is 0. The van der Waals surface area contributed by atoms with E-state index in [9.17, 15) is 4.79 Å². The Kier molecular flexibility index (Phi) is 2.11. The molecule has 1 heterocycles. The van der Waals surface area contributed by atoms with Gasteiger partial charge in [-0.2, -0.15) is 0 Å². The maximum Gasteiger partial charge on any atom is 0.243 e. The summed E-state index contributed by atoms with van der Waals surface area (Å²) in [4.78, 5) is 13.8. The maximum absolute atomic E-state index is 11.6. The third-order valence-electron chi connectivity index (χ3n) is 3.39. The lowest BCUT2D eigenvalue weighted by Gasteiger charge is -2.44. The molecule has 1 amide bonds. The van der Waals surface area contributed by atoms with Gasteiger partial charge in [0.2, 0.25) is 5.91 Å². The van der Waals surface area contributed by atoms with Gasteiger partial charge >= 0.3 is 0 Å². The van der Waals surface area contributed by atoms with E-state index in [-0.39, 0.29) is 5.91 Å². The Labute approximate surface area is 94.4 Å². The number of carbonyl (C=O) groups is 1. The Balaban J connectivity index is 1.91. The van der Waals surface area contributed by atoms with Crippen molar-refractivity contribution in [1.82, 2.24) is 0 Å². The fourth-order valence-electron chi connectivity index (χ4n) is 2.47. The molecule has 1 saturated carbocycles. The highest BCUT2D eigenvalue weighted by atomic mass is 16.2. The second-order valence-corrected chi connectivity index (χ2v) is 4.58. The summed E-state index contributed by atoms with van der Waals surface area (Å²) >= 11 is 0. The highest BCUT2D eigenvalue weighted by molar-refractivity contribution is 6.01. The summed E-state index contributed by atoms with van der Waals surface area (Å²) in [6.07, 6.45) is 1.98. The average Bonchev–Trinajstić information content (AvgIpc) is 2.24. The zero-order valence-corrected chi connectivity index (χ0v) is 9.02. The zero-order chi connectivity index (χ0) is 11.1. The van der Waals surface area contributed by atoms with Crippen molar-refractivity contribution in [2.45, 2.75) is 24.9 Å². The van der Waals surface area contributed by atoms with Gasteiger partial charge in [0.25, 0.3) is 0 Å². The summed E-state index contributed by atoms with van der Waals surface area (Å²) in [6, 6.07) is 8.68. The van der Waals surface area contributed by atoms with Gasteiger partial charge in [-0.1, -0.05) is 12.1 Å². The fraction of sp³-hybridized carbons (Fsp3) is 0.417. The molecule has 1 aromatic rings. The van der Waals surface area contributed by atoms with Crippen molar-refractivity contribution in [2.24, 2.45) is 5.73 Å². The topological polar surface area (TPSA) is 58.4 Å². The molecule has 84 valence electrons. The first kappa shape index (κ1) is 9.66. The second kappa shape index (κ2) is 3.49. The standard InChI is InChI=1S/C12H15N3O/c13-8-5-9(6-8)15-7-12(16)14-10-3-1-2-4-11(10)15/h1-4,8-9H,5-7,13H2,(H,14,16). The number of nitrogens with one attached hydrogen (secondary N) is 1. The summed E-state index contributed by atoms with van der Waals surface area (Å²) in [5, 5.41) is 2.89. The van der Waals surface area contributed by atoms with Crippen LogP contribution in [0.15, 0.2) is 24.3 Å². The van der Waals surface area contributed by atoms with Gasteiger partial charge in [-0.3, -0.25) is 4.79 Å². The van der Waals surface area contributed by atoms with Crippen LogP contribution in [0.1, 0.15) is 12.8 Å². The minimum atomic E-state index is 0.0687. The zero-order valence-electron chi connectivity index (χ0n) is 9.02. The molecule has 16 heavy (non-hydrogen) atoms. The van der Waals surface area contributed by atoms with Crippen molar-refractivity contribution in [2.75, 3.05) is 16.8 Å². The average molecular weight is 217 g/mol. The first-order valence-electron chi connectivity index (χ1n) is 5.65. The molecule has 3 N–H and O–H groups in total. The van der Waals surface area contributed by atoms with E-state index in [2.05, 4.69) is 16.3 Å².